The Morgan fingerprint density at radius 2 is 1.77 bits per heavy atom. The fraction of sp³-hybridized carbons (Fsp3) is 0.286. The first-order valence-electron chi connectivity index (χ1n) is 11.6. The van der Waals surface area contributed by atoms with E-state index in [4.69, 9.17) is 14.6 Å². The Labute approximate surface area is 206 Å². The third-order valence-corrected chi connectivity index (χ3v) is 6.26. The van der Waals surface area contributed by atoms with Crippen LogP contribution in [0.1, 0.15) is 27.2 Å². The van der Waals surface area contributed by atoms with Gasteiger partial charge in [0.25, 0.3) is 5.91 Å². The van der Waals surface area contributed by atoms with Gasteiger partial charge in [-0.05, 0) is 73.4 Å². The van der Waals surface area contributed by atoms with Crippen LogP contribution in [0.2, 0.25) is 0 Å². The molecule has 0 unspecified atom stereocenters. The number of benzene rings is 2. The van der Waals surface area contributed by atoms with Crippen molar-refractivity contribution < 1.29 is 14.3 Å². The van der Waals surface area contributed by atoms with Crippen molar-refractivity contribution >= 4 is 5.91 Å². The quantitative estimate of drug-likeness (QED) is 0.369. The number of hydrogen-bond acceptors (Lipinski definition) is 4. The third-order valence-electron chi connectivity index (χ3n) is 6.26. The smallest absolute Gasteiger partial charge is 0.272 e. The summed E-state index contributed by atoms with van der Waals surface area (Å²) in [5.41, 5.74) is 6.38. The molecule has 0 aliphatic heterocycles. The molecule has 35 heavy (non-hydrogen) atoms. The molecule has 2 heterocycles. The van der Waals surface area contributed by atoms with E-state index in [1.807, 2.05) is 75.1 Å². The molecule has 7 heteroatoms. The van der Waals surface area contributed by atoms with Crippen molar-refractivity contribution in [3.8, 4) is 28.6 Å². The van der Waals surface area contributed by atoms with Gasteiger partial charge in [-0.1, -0.05) is 18.2 Å². The lowest BCUT2D eigenvalue weighted by Gasteiger charge is -2.19. The molecule has 0 radical (unpaired) electrons. The van der Waals surface area contributed by atoms with E-state index >= 15 is 0 Å². The first-order valence-corrected chi connectivity index (χ1v) is 11.6. The molecule has 0 fully saturated rings. The zero-order valence-electron chi connectivity index (χ0n) is 21.2. The van der Waals surface area contributed by atoms with Gasteiger partial charge in [0.1, 0.15) is 11.4 Å². The zero-order valence-corrected chi connectivity index (χ0v) is 21.2. The summed E-state index contributed by atoms with van der Waals surface area (Å²) in [5.74, 6) is 1.28. The summed E-state index contributed by atoms with van der Waals surface area (Å²) < 4.78 is 14.5. The van der Waals surface area contributed by atoms with Gasteiger partial charge < -0.3 is 18.9 Å². The molecule has 0 atom stereocenters. The molecular weight excluding hydrogens is 440 g/mol. The van der Waals surface area contributed by atoms with Crippen LogP contribution in [0.25, 0.3) is 17.1 Å². The summed E-state index contributed by atoms with van der Waals surface area (Å²) in [7, 11) is 7.04. The Morgan fingerprint density at radius 1 is 1.00 bits per heavy atom. The maximum absolute atomic E-state index is 13.7. The third kappa shape index (κ3) is 4.94. The number of ether oxygens (including phenoxy) is 2. The van der Waals surface area contributed by atoms with Gasteiger partial charge in [-0.2, -0.15) is 5.10 Å². The second kappa shape index (κ2) is 10.1. The number of methoxy groups -OCH3 is 2. The summed E-state index contributed by atoms with van der Waals surface area (Å²) in [6.45, 7) is 4.63. The molecule has 0 saturated heterocycles. The highest BCUT2D eigenvalue weighted by molar-refractivity contribution is 5.94. The number of rotatable bonds is 8. The van der Waals surface area contributed by atoms with Gasteiger partial charge in [0, 0.05) is 26.8 Å². The zero-order chi connectivity index (χ0) is 25.1. The number of carbonyl (C=O) groups excluding carboxylic acids is 1. The number of aromatic nitrogens is 3. The maximum atomic E-state index is 13.7. The van der Waals surface area contributed by atoms with Crippen LogP contribution in [-0.2, 0) is 13.5 Å². The number of nitrogens with zero attached hydrogens (tertiary/aromatic N) is 4. The first-order chi connectivity index (χ1) is 16.8. The average Bonchev–Trinajstić information content (AvgIpc) is 3.49. The number of hydrogen-bond donors (Lipinski definition) is 0. The number of aryl methyl sites for hydroxylation is 3. The molecule has 0 N–H and O–H groups in total. The summed E-state index contributed by atoms with van der Waals surface area (Å²) in [6.07, 6.45) is 2.66. The standard InChI is InChI=1S/C28H32N4O3/c1-19-9-10-20(2)24(16-19)32-25(18-22(29-32)23-8-7-14-30(23)3)28(33)31(4)15-13-21-11-12-26(34-5)27(17-21)35-6/h7-12,14,16-18H,13,15H2,1-6H3. The van der Waals surface area contributed by atoms with Crippen LogP contribution in [0.4, 0.5) is 0 Å². The van der Waals surface area contributed by atoms with Gasteiger partial charge in [-0.15, -0.1) is 0 Å². The van der Waals surface area contributed by atoms with Crippen LogP contribution in [0.5, 0.6) is 11.5 Å². The molecule has 0 bridgehead atoms. The normalized spacial score (nSPS) is 10.9. The van der Waals surface area contributed by atoms with Crippen molar-refractivity contribution in [2.75, 3.05) is 27.8 Å². The van der Waals surface area contributed by atoms with E-state index < -0.39 is 0 Å². The minimum absolute atomic E-state index is 0.0839. The Balaban J connectivity index is 1.65. The summed E-state index contributed by atoms with van der Waals surface area (Å²) in [5, 5.41) is 4.87. The van der Waals surface area contributed by atoms with Crippen LogP contribution in [0.3, 0.4) is 0 Å². The number of likely N-dealkylation sites (N-methyl/N-ethyl adjacent to an activating group) is 1. The van der Waals surface area contributed by atoms with Gasteiger partial charge in [0.15, 0.2) is 11.5 Å². The van der Waals surface area contributed by atoms with Crippen molar-refractivity contribution in [2.24, 2.45) is 7.05 Å². The molecule has 0 saturated carbocycles. The highest BCUT2D eigenvalue weighted by Gasteiger charge is 2.22. The van der Waals surface area contributed by atoms with Crippen molar-refractivity contribution in [3.05, 3.63) is 83.2 Å². The van der Waals surface area contributed by atoms with Crippen molar-refractivity contribution in [1.82, 2.24) is 19.2 Å². The molecule has 182 valence electrons. The minimum atomic E-state index is -0.0839. The molecule has 4 aromatic rings. The Hall–Kier alpha value is -4.00. The fourth-order valence-corrected chi connectivity index (χ4v) is 4.15. The monoisotopic (exact) mass is 472 g/mol. The fourth-order valence-electron chi connectivity index (χ4n) is 4.15. The molecule has 7 nitrogen and oxygen atoms in total. The lowest BCUT2D eigenvalue weighted by molar-refractivity contribution is 0.0787. The van der Waals surface area contributed by atoms with Crippen LogP contribution in [-0.4, -0.2) is 53.0 Å². The number of amides is 1. The molecule has 2 aromatic carbocycles. The van der Waals surface area contributed by atoms with Crippen molar-refractivity contribution in [3.63, 3.8) is 0 Å². The predicted octanol–water partition coefficient (Wildman–Crippen LogP) is 4.83. The highest BCUT2D eigenvalue weighted by Crippen LogP contribution is 2.28. The molecule has 0 aliphatic carbocycles. The van der Waals surface area contributed by atoms with Crippen molar-refractivity contribution in [2.45, 2.75) is 20.3 Å². The number of carbonyl (C=O) groups is 1. The summed E-state index contributed by atoms with van der Waals surface area (Å²) in [4.78, 5) is 15.4. The van der Waals surface area contributed by atoms with Crippen LogP contribution >= 0.6 is 0 Å². The molecule has 0 aliphatic rings. The van der Waals surface area contributed by atoms with E-state index in [-0.39, 0.29) is 5.91 Å². The van der Waals surface area contributed by atoms with Gasteiger partial charge in [-0.25, -0.2) is 4.68 Å². The Morgan fingerprint density at radius 3 is 2.46 bits per heavy atom. The predicted molar refractivity (Wildman–Crippen MR) is 138 cm³/mol. The molecule has 2 aromatic heterocycles. The van der Waals surface area contributed by atoms with Crippen LogP contribution in [0, 0.1) is 13.8 Å². The second-order valence-corrected chi connectivity index (χ2v) is 8.79. The van der Waals surface area contributed by atoms with Crippen LogP contribution in [0.15, 0.2) is 60.8 Å². The van der Waals surface area contributed by atoms with Crippen LogP contribution < -0.4 is 9.47 Å². The molecule has 0 spiro atoms. The average molecular weight is 473 g/mol. The topological polar surface area (TPSA) is 61.5 Å². The summed E-state index contributed by atoms with van der Waals surface area (Å²) >= 11 is 0. The largest absolute Gasteiger partial charge is 0.493 e. The van der Waals surface area contributed by atoms with Gasteiger partial charge in [0.05, 0.1) is 25.6 Å². The Bertz CT molecular complexity index is 1350. The van der Waals surface area contributed by atoms with E-state index in [0.29, 0.717) is 30.2 Å². The molecule has 4 rings (SSSR count). The molecule has 1 amide bonds. The summed E-state index contributed by atoms with van der Waals surface area (Å²) in [6, 6.07) is 17.9. The van der Waals surface area contributed by atoms with E-state index in [9.17, 15) is 4.79 Å². The van der Waals surface area contributed by atoms with E-state index in [0.717, 1.165) is 33.8 Å². The SMILES string of the molecule is COc1ccc(CCN(C)C(=O)c2cc(-c3cccn3C)nn2-c2cc(C)ccc2C)cc1OC. The van der Waals surface area contributed by atoms with E-state index in [2.05, 4.69) is 18.2 Å². The van der Waals surface area contributed by atoms with Gasteiger partial charge in [0.2, 0.25) is 0 Å². The highest BCUT2D eigenvalue weighted by atomic mass is 16.5. The van der Waals surface area contributed by atoms with Gasteiger partial charge >= 0.3 is 0 Å². The van der Waals surface area contributed by atoms with E-state index in [1.165, 1.54) is 0 Å². The minimum Gasteiger partial charge on any atom is -0.493 e. The Kier molecular flexibility index (Phi) is 6.96. The maximum Gasteiger partial charge on any atom is 0.272 e. The lowest BCUT2D eigenvalue weighted by Crippen LogP contribution is -2.30. The first kappa shape index (κ1) is 24.1. The second-order valence-electron chi connectivity index (χ2n) is 8.79. The van der Waals surface area contributed by atoms with E-state index in [1.54, 1.807) is 23.8 Å². The van der Waals surface area contributed by atoms with Crippen molar-refractivity contribution in [1.29, 1.82) is 0 Å². The molecular formula is C28H32N4O3. The van der Waals surface area contributed by atoms with Gasteiger partial charge in [-0.3, -0.25) is 4.79 Å². The lowest BCUT2D eigenvalue weighted by atomic mass is 10.1.